The van der Waals surface area contributed by atoms with Crippen molar-refractivity contribution in [3.05, 3.63) is 35.9 Å². The van der Waals surface area contributed by atoms with Crippen LogP contribution in [0.4, 0.5) is 4.79 Å². The van der Waals surface area contributed by atoms with Gasteiger partial charge in [-0.25, -0.2) is 4.79 Å². The van der Waals surface area contributed by atoms with Crippen LogP contribution >= 0.6 is 0 Å². The van der Waals surface area contributed by atoms with Crippen molar-refractivity contribution in [3.8, 4) is 0 Å². The Hall–Kier alpha value is -2.41. The summed E-state index contributed by atoms with van der Waals surface area (Å²) < 4.78 is 0. The average Bonchev–Trinajstić information content (AvgIpc) is 2.92. The Morgan fingerprint density at radius 3 is 2.52 bits per heavy atom. The van der Waals surface area contributed by atoms with Crippen LogP contribution in [0.3, 0.4) is 0 Å². The fourth-order valence-electron chi connectivity index (χ4n) is 4.17. The van der Waals surface area contributed by atoms with E-state index in [1.165, 1.54) is 5.56 Å². The van der Waals surface area contributed by atoms with Gasteiger partial charge in [0.2, 0.25) is 5.91 Å². The quantitative estimate of drug-likeness (QED) is 0.684. The van der Waals surface area contributed by atoms with Crippen molar-refractivity contribution in [3.63, 3.8) is 0 Å². The number of rotatable bonds is 7. The second kappa shape index (κ2) is 8.95. The average molecular weight is 401 g/mol. The molecule has 7 nitrogen and oxygen atoms in total. The summed E-state index contributed by atoms with van der Waals surface area (Å²) in [5.41, 5.74) is 0.395. The van der Waals surface area contributed by atoms with Gasteiger partial charge >= 0.3 is 6.03 Å². The second-order valence-electron chi connectivity index (χ2n) is 8.70. The third-order valence-corrected chi connectivity index (χ3v) is 6.25. The molecule has 3 rings (SSSR count). The first-order valence-corrected chi connectivity index (χ1v) is 10.4. The first kappa shape index (κ1) is 21.3. The van der Waals surface area contributed by atoms with Crippen molar-refractivity contribution in [1.29, 1.82) is 0 Å². The number of carbonyl (C=O) groups excluding carboxylic acids is 3. The molecule has 7 heteroatoms. The lowest BCUT2D eigenvalue weighted by molar-refractivity contribution is -0.136. The van der Waals surface area contributed by atoms with Crippen LogP contribution in [0.15, 0.2) is 30.3 Å². The third kappa shape index (κ3) is 4.96. The lowest BCUT2D eigenvalue weighted by Crippen LogP contribution is -2.50. The van der Waals surface area contributed by atoms with Crippen LogP contribution in [0.5, 0.6) is 0 Å². The number of imide groups is 1. The molecule has 0 radical (unpaired) electrons. The van der Waals surface area contributed by atoms with Crippen molar-refractivity contribution in [2.45, 2.75) is 50.6 Å². The maximum absolute atomic E-state index is 12.9. The summed E-state index contributed by atoms with van der Waals surface area (Å²) in [6, 6.07) is 9.78. The molecule has 1 atom stereocenters. The molecule has 1 saturated carbocycles. The first-order valence-electron chi connectivity index (χ1n) is 10.4. The van der Waals surface area contributed by atoms with Crippen LogP contribution in [0.1, 0.15) is 38.2 Å². The molecule has 1 saturated heterocycles. The van der Waals surface area contributed by atoms with Gasteiger partial charge in [-0.15, -0.1) is 0 Å². The highest BCUT2D eigenvalue weighted by Gasteiger charge is 2.52. The zero-order chi connectivity index (χ0) is 21.0. The molecular weight excluding hydrogens is 368 g/mol. The Balaban J connectivity index is 1.54. The van der Waals surface area contributed by atoms with Gasteiger partial charge in [0.25, 0.3) is 5.91 Å². The van der Waals surface area contributed by atoms with Crippen molar-refractivity contribution in [2.24, 2.45) is 5.92 Å². The fourth-order valence-corrected chi connectivity index (χ4v) is 4.17. The lowest BCUT2D eigenvalue weighted by Gasteiger charge is -2.33. The third-order valence-electron chi connectivity index (χ3n) is 6.25. The molecule has 2 N–H and O–H groups in total. The Morgan fingerprint density at radius 2 is 1.90 bits per heavy atom. The van der Waals surface area contributed by atoms with Gasteiger partial charge in [-0.2, -0.15) is 0 Å². The summed E-state index contributed by atoms with van der Waals surface area (Å²) >= 11 is 0. The van der Waals surface area contributed by atoms with Gasteiger partial charge in [0.1, 0.15) is 12.1 Å². The van der Waals surface area contributed by atoms with Crippen LogP contribution < -0.4 is 10.6 Å². The van der Waals surface area contributed by atoms with Crippen LogP contribution in [0.25, 0.3) is 0 Å². The van der Waals surface area contributed by atoms with Crippen molar-refractivity contribution < 1.29 is 14.4 Å². The van der Waals surface area contributed by atoms with E-state index >= 15 is 0 Å². The maximum atomic E-state index is 12.9. The highest BCUT2D eigenvalue weighted by Crippen LogP contribution is 2.36. The summed E-state index contributed by atoms with van der Waals surface area (Å²) in [7, 11) is 3.95. The molecule has 4 amide bonds. The number of nitrogens with one attached hydrogen (secondary N) is 2. The molecule has 1 heterocycles. The summed E-state index contributed by atoms with van der Waals surface area (Å²) in [6.07, 6.45) is 3.93. The predicted molar refractivity (Wildman–Crippen MR) is 111 cm³/mol. The van der Waals surface area contributed by atoms with E-state index < -0.39 is 11.6 Å². The lowest BCUT2D eigenvalue weighted by atomic mass is 9.77. The number of carbonyl (C=O) groups is 3. The first-order chi connectivity index (χ1) is 13.8. The molecule has 2 aliphatic rings. The summed E-state index contributed by atoms with van der Waals surface area (Å²) in [4.78, 5) is 40.9. The number of likely N-dealkylation sites (N-methyl/N-ethyl adjacent to an activating group) is 1. The normalized spacial score (nSPS) is 25.4. The van der Waals surface area contributed by atoms with Gasteiger partial charge < -0.3 is 15.5 Å². The number of hydrogen-bond acceptors (Lipinski definition) is 4. The van der Waals surface area contributed by atoms with Gasteiger partial charge in [0.15, 0.2) is 0 Å². The smallest absolute Gasteiger partial charge is 0.325 e. The van der Waals surface area contributed by atoms with E-state index in [-0.39, 0.29) is 24.4 Å². The summed E-state index contributed by atoms with van der Waals surface area (Å²) in [6.45, 7) is 2.39. The molecule has 1 aliphatic carbocycles. The monoisotopic (exact) mass is 400 g/mol. The minimum Gasteiger partial charge on any atom is -0.353 e. The second-order valence-corrected chi connectivity index (χ2v) is 8.70. The Bertz CT molecular complexity index is 742. The molecule has 1 aromatic rings. The molecule has 0 bridgehead atoms. The minimum atomic E-state index is -0.802. The van der Waals surface area contributed by atoms with Crippen LogP contribution in [-0.2, 0) is 16.0 Å². The van der Waals surface area contributed by atoms with Gasteiger partial charge in [-0.3, -0.25) is 14.5 Å². The molecule has 0 aromatic heterocycles. The minimum absolute atomic E-state index is 0.121. The molecule has 1 spiro atoms. The molecule has 29 heavy (non-hydrogen) atoms. The Labute approximate surface area is 172 Å². The highest BCUT2D eigenvalue weighted by atomic mass is 16.2. The van der Waals surface area contributed by atoms with Crippen LogP contribution in [-0.4, -0.2) is 66.4 Å². The molecule has 158 valence electrons. The highest BCUT2D eigenvalue weighted by molar-refractivity contribution is 6.09. The van der Waals surface area contributed by atoms with Crippen molar-refractivity contribution >= 4 is 17.8 Å². The molecule has 2 fully saturated rings. The SMILES string of the molecule is CC1CCC2(CC1)NC(=O)N(CC(=O)NCC(Cc1ccccc1)N(C)C)C2=O. The van der Waals surface area contributed by atoms with Gasteiger partial charge in [0.05, 0.1) is 0 Å². The summed E-state index contributed by atoms with van der Waals surface area (Å²) in [5, 5.41) is 5.76. The molecular formula is C22H32N4O3. The standard InChI is InChI=1S/C22H32N4O3/c1-16-9-11-22(12-10-16)20(28)26(21(29)24-22)15-19(27)23-14-18(25(2)3)13-17-7-5-4-6-8-17/h4-8,16,18H,9-15H2,1-3H3,(H,23,27)(H,24,29). The van der Waals surface area contributed by atoms with Gasteiger partial charge in [-0.05, 0) is 57.7 Å². The molecule has 1 aliphatic heterocycles. The number of urea groups is 1. The van der Waals surface area contributed by atoms with Crippen LogP contribution in [0, 0.1) is 5.92 Å². The Kier molecular flexibility index (Phi) is 6.57. The van der Waals surface area contributed by atoms with E-state index in [9.17, 15) is 14.4 Å². The zero-order valence-corrected chi connectivity index (χ0v) is 17.6. The predicted octanol–water partition coefficient (Wildman–Crippen LogP) is 1.78. The van der Waals surface area contributed by atoms with Crippen molar-refractivity contribution in [2.75, 3.05) is 27.2 Å². The maximum Gasteiger partial charge on any atom is 0.325 e. The van der Waals surface area contributed by atoms with Gasteiger partial charge in [0, 0.05) is 12.6 Å². The number of hydrogen-bond donors (Lipinski definition) is 2. The van der Waals surface area contributed by atoms with E-state index in [4.69, 9.17) is 0 Å². The van der Waals surface area contributed by atoms with E-state index in [0.29, 0.717) is 25.3 Å². The molecule has 1 aromatic carbocycles. The Morgan fingerprint density at radius 1 is 1.24 bits per heavy atom. The largest absolute Gasteiger partial charge is 0.353 e. The van der Waals surface area contributed by atoms with Crippen LogP contribution in [0.2, 0.25) is 0 Å². The van der Waals surface area contributed by atoms with Gasteiger partial charge in [-0.1, -0.05) is 37.3 Å². The number of benzene rings is 1. The fraction of sp³-hybridized carbons (Fsp3) is 0.591. The van der Waals surface area contributed by atoms with E-state index in [1.54, 1.807) is 0 Å². The number of nitrogens with zero attached hydrogens (tertiary/aromatic N) is 2. The van der Waals surface area contributed by atoms with Crippen molar-refractivity contribution in [1.82, 2.24) is 20.4 Å². The van der Waals surface area contributed by atoms with E-state index in [1.807, 2.05) is 32.3 Å². The summed E-state index contributed by atoms with van der Waals surface area (Å²) in [5.74, 6) is 0.00268. The zero-order valence-electron chi connectivity index (χ0n) is 17.6. The number of amides is 4. The topological polar surface area (TPSA) is 81.8 Å². The van der Waals surface area contributed by atoms with E-state index in [2.05, 4.69) is 34.6 Å². The molecule has 1 unspecified atom stereocenters. The van der Waals surface area contributed by atoms with E-state index in [0.717, 1.165) is 24.2 Å².